The van der Waals surface area contributed by atoms with Crippen molar-refractivity contribution in [2.75, 3.05) is 25.1 Å². The second kappa shape index (κ2) is 20.6. The Bertz CT molecular complexity index is 2070. The van der Waals surface area contributed by atoms with Gasteiger partial charge in [0.1, 0.15) is 27.1 Å². The normalized spacial score (nSPS) is 12.8. The van der Waals surface area contributed by atoms with Gasteiger partial charge in [-0.05, 0) is 80.8 Å². The van der Waals surface area contributed by atoms with E-state index in [9.17, 15) is 28.0 Å². The Kier molecular flexibility index (Phi) is 15.4. The van der Waals surface area contributed by atoms with Crippen LogP contribution < -0.4 is 20.1 Å². The number of aliphatic carboxylic acids is 2. The molecule has 0 radical (unpaired) electrons. The van der Waals surface area contributed by atoms with Crippen LogP contribution >= 0.6 is 22.7 Å². The predicted molar refractivity (Wildman–Crippen MR) is 211 cm³/mol. The van der Waals surface area contributed by atoms with Crippen molar-refractivity contribution in [2.24, 2.45) is 5.92 Å². The smallest absolute Gasteiger partial charge is 0.303 e. The van der Waals surface area contributed by atoms with Crippen molar-refractivity contribution in [1.82, 2.24) is 5.32 Å². The number of fused-ring (bicyclic) bond motifs is 2. The van der Waals surface area contributed by atoms with E-state index in [1.165, 1.54) is 49.5 Å². The van der Waals surface area contributed by atoms with Gasteiger partial charge in [-0.15, -0.1) is 22.7 Å². The molecule has 1 saturated carbocycles. The molecule has 2 amide bonds. The number of anilines is 1. The van der Waals surface area contributed by atoms with Gasteiger partial charge in [0.25, 0.3) is 11.8 Å². The van der Waals surface area contributed by atoms with Crippen molar-refractivity contribution in [3.63, 3.8) is 0 Å². The number of amides is 2. The summed E-state index contributed by atoms with van der Waals surface area (Å²) >= 11 is 2.61. The van der Waals surface area contributed by atoms with Gasteiger partial charge in [0.15, 0.2) is 11.5 Å². The van der Waals surface area contributed by atoms with Crippen molar-refractivity contribution in [2.45, 2.75) is 70.6 Å². The number of benzene rings is 3. The van der Waals surface area contributed by atoms with Gasteiger partial charge < -0.3 is 30.3 Å². The standard InChI is InChI=1S/C21H27NO4S.C20H17F2NO4S/c23-18(24)12-6-7-13-26-19-16-10-4-5-11-17(16)27-20(19)21(25)22-14-15-8-2-1-3-9-15;21-13-7-5-8-14(22)17(13)23-20(26)19-18(27-11-4-3-10-16(24)25)12-6-1-2-9-15(12)28-19/h4-5,10-11,15H,1-3,6-9,12-14H2,(H,22,25)(H,23,24);1-2,5-9H,3-4,10-11H2,(H,23,26)(H,24,25). The molecule has 6 rings (SSSR count). The quantitative estimate of drug-likeness (QED) is 0.0680. The highest BCUT2D eigenvalue weighted by molar-refractivity contribution is 7.21. The first-order valence-corrected chi connectivity index (χ1v) is 20.0. The Morgan fingerprint density at radius 3 is 1.65 bits per heavy atom. The molecule has 292 valence electrons. The average molecular weight is 795 g/mol. The number of ether oxygens (including phenoxy) is 2. The van der Waals surface area contributed by atoms with E-state index in [1.807, 2.05) is 36.4 Å². The number of hydrogen-bond donors (Lipinski definition) is 4. The molecule has 0 saturated heterocycles. The van der Waals surface area contributed by atoms with Gasteiger partial charge in [0, 0.05) is 39.6 Å². The third kappa shape index (κ3) is 11.7. The first kappa shape index (κ1) is 41.1. The molecule has 1 aliphatic carbocycles. The van der Waals surface area contributed by atoms with Gasteiger partial charge in [0.05, 0.1) is 13.2 Å². The molecule has 10 nitrogen and oxygen atoms in total. The SMILES string of the molecule is O=C(O)CCCCOc1c(C(=O)NCC2CCCCC2)sc2ccccc12.O=C(O)CCCCOc1c(C(=O)Nc2c(F)cccc2F)sc2ccccc12. The zero-order chi connectivity index (χ0) is 39.2. The maximum Gasteiger partial charge on any atom is 0.303 e. The molecule has 2 aromatic heterocycles. The average Bonchev–Trinajstić information content (AvgIpc) is 3.74. The van der Waals surface area contributed by atoms with Crippen LogP contribution in [0.4, 0.5) is 14.5 Å². The van der Waals surface area contributed by atoms with Gasteiger partial charge in [-0.2, -0.15) is 0 Å². The summed E-state index contributed by atoms with van der Waals surface area (Å²) in [6.07, 6.45) is 8.55. The largest absolute Gasteiger partial charge is 0.491 e. The summed E-state index contributed by atoms with van der Waals surface area (Å²) in [6, 6.07) is 18.4. The topological polar surface area (TPSA) is 151 Å². The van der Waals surface area contributed by atoms with Crippen molar-refractivity contribution < 1.29 is 47.6 Å². The van der Waals surface area contributed by atoms with Crippen LogP contribution in [-0.4, -0.2) is 53.7 Å². The second-order valence-corrected chi connectivity index (χ2v) is 15.3. The van der Waals surface area contributed by atoms with Gasteiger partial charge in [0.2, 0.25) is 0 Å². The minimum absolute atomic E-state index is 0.0354. The number of rotatable bonds is 17. The summed E-state index contributed by atoms with van der Waals surface area (Å²) in [5.74, 6) is -2.62. The molecule has 5 aromatic rings. The first-order chi connectivity index (χ1) is 26.6. The monoisotopic (exact) mass is 794 g/mol. The number of hydrogen-bond acceptors (Lipinski definition) is 8. The first-order valence-electron chi connectivity index (χ1n) is 18.4. The molecule has 55 heavy (non-hydrogen) atoms. The molecule has 14 heteroatoms. The van der Waals surface area contributed by atoms with Crippen LogP contribution in [0.25, 0.3) is 20.2 Å². The fourth-order valence-electron chi connectivity index (χ4n) is 6.23. The molecule has 1 fully saturated rings. The number of halogens is 2. The summed E-state index contributed by atoms with van der Waals surface area (Å²) < 4.78 is 41.2. The molecular formula is C41H44F2N2O8S2. The predicted octanol–water partition coefficient (Wildman–Crippen LogP) is 9.91. The summed E-state index contributed by atoms with van der Waals surface area (Å²) in [5.41, 5.74) is -0.516. The van der Waals surface area contributed by atoms with Crippen LogP contribution in [-0.2, 0) is 9.59 Å². The summed E-state index contributed by atoms with van der Waals surface area (Å²) in [7, 11) is 0. The van der Waals surface area contributed by atoms with Crippen LogP contribution in [0, 0.1) is 17.6 Å². The lowest BCUT2D eigenvalue weighted by Crippen LogP contribution is -2.30. The number of carboxylic acids is 2. The number of unbranched alkanes of at least 4 members (excludes halogenated alkanes) is 2. The number of para-hydroxylation sites is 1. The molecule has 2 heterocycles. The Morgan fingerprint density at radius 1 is 0.655 bits per heavy atom. The van der Waals surface area contributed by atoms with E-state index in [0.29, 0.717) is 60.0 Å². The van der Waals surface area contributed by atoms with Crippen LogP contribution in [0.2, 0.25) is 0 Å². The van der Waals surface area contributed by atoms with E-state index in [0.717, 1.165) is 44.8 Å². The molecule has 3 aromatic carbocycles. The maximum atomic E-state index is 13.9. The number of carboxylic acid groups (broad SMARTS) is 2. The molecule has 1 aliphatic rings. The van der Waals surface area contributed by atoms with Crippen LogP contribution in [0.1, 0.15) is 90.0 Å². The lowest BCUT2D eigenvalue weighted by Gasteiger charge is -2.21. The van der Waals surface area contributed by atoms with E-state index < -0.39 is 35.2 Å². The minimum Gasteiger partial charge on any atom is -0.491 e. The van der Waals surface area contributed by atoms with Crippen LogP contribution in [0.3, 0.4) is 0 Å². The fraction of sp³-hybridized carbons (Fsp3) is 0.366. The fourth-order valence-corrected chi connectivity index (χ4v) is 8.34. The number of carbonyl (C=O) groups is 4. The Balaban J connectivity index is 0.000000211. The van der Waals surface area contributed by atoms with Crippen molar-refractivity contribution >= 4 is 72.3 Å². The zero-order valence-electron chi connectivity index (χ0n) is 30.2. The summed E-state index contributed by atoms with van der Waals surface area (Å²) in [5, 5.41) is 24.5. The van der Waals surface area contributed by atoms with Crippen molar-refractivity contribution in [3.05, 3.63) is 88.1 Å². The molecule has 0 bridgehead atoms. The number of thiophene rings is 2. The highest BCUT2D eigenvalue weighted by Crippen LogP contribution is 2.39. The van der Waals surface area contributed by atoms with Gasteiger partial charge in [-0.1, -0.05) is 49.6 Å². The summed E-state index contributed by atoms with van der Waals surface area (Å²) in [6.45, 7) is 1.37. The second-order valence-electron chi connectivity index (χ2n) is 13.2. The maximum absolute atomic E-state index is 13.9. The van der Waals surface area contributed by atoms with E-state index in [-0.39, 0.29) is 30.2 Å². The highest BCUT2D eigenvalue weighted by Gasteiger charge is 2.23. The van der Waals surface area contributed by atoms with Crippen LogP contribution in [0.5, 0.6) is 11.5 Å². The molecule has 4 N–H and O–H groups in total. The third-order valence-corrected chi connectivity index (χ3v) is 11.4. The van der Waals surface area contributed by atoms with E-state index >= 15 is 0 Å². The molecule has 0 atom stereocenters. The lowest BCUT2D eigenvalue weighted by molar-refractivity contribution is -0.138. The number of nitrogens with one attached hydrogen (secondary N) is 2. The molecule has 0 unspecified atom stereocenters. The molecule has 0 aliphatic heterocycles. The molecule has 0 spiro atoms. The highest BCUT2D eigenvalue weighted by atomic mass is 32.1. The van der Waals surface area contributed by atoms with Gasteiger partial charge in [-0.25, -0.2) is 8.78 Å². The van der Waals surface area contributed by atoms with Gasteiger partial charge in [-0.3, -0.25) is 19.2 Å². The Hall–Kier alpha value is -5.08. The Morgan fingerprint density at radius 2 is 1.15 bits per heavy atom. The van der Waals surface area contributed by atoms with E-state index in [4.69, 9.17) is 19.7 Å². The minimum atomic E-state index is -0.882. The lowest BCUT2D eigenvalue weighted by atomic mass is 9.89. The Labute approximate surface area is 325 Å². The van der Waals surface area contributed by atoms with Crippen molar-refractivity contribution in [3.8, 4) is 11.5 Å². The van der Waals surface area contributed by atoms with E-state index in [2.05, 4.69) is 10.6 Å². The van der Waals surface area contributed by atoms with Crippen LogP contribution in [0.15, 0.2) is 66.7 Å². The zero-order valence-corrected chi connectivity index (χ0v) is 31.9. The molecular weight excluding hydrogens is 751 g/mol. The van der Waals surface area contributed by atoms with E-state index in [1.54, 1.807) is 12.1 Å². The van der Waals surface area contributed by atoms with Gasteiger partial charge >= 0.3 is 11.9 Å². The number of carbonyl (C=O) groups excluding carboxylic acids is 2. The third-order valence-electron chi connectivity index (χ3n) is 9.05. The van der Waals surface area contributed by atoms with Crippen molar-refractivity contribution in [1.29, 1.82) is 0 Å². The summed E-state index contributed by atoms with van der Waals surface area (Å²) in [4.78, 5) is 47.5.